The van der Waals surface area contributed by atoms with Gasteiger partial charge in [-0.1, -0.05) is 48.0 Å². The van der Waals surface area contributed by atoms with E-state index in [1.165, 1.54) is 0 Å². The molecule has 2 aromatic rings. The Morgan fingerprint density at radius 3 is 2.32 bits per heavy atom. The first-order valence-corrected chi connectivity index (χ1v) is 8.08. The van der Waals surface area contributed by atoms with Gasteiger partial charge >= 0.3 is 0 Å². The Morgan fingerprint density at radius 2 is 1.68 bits per heavy atom. The van der Waals surface area contributed by atoms with Crippen molar-refractivity contribution >= 4 is 27.5 Å². The van der Waals surface area contributed by atoms with Crippen molar-refractivity contribution in [2.24, 2.45) is 0 Å². The van der Waals surface area contributed by atoms with Gasteiger partial charge in [-0.2, -0.15) is 0 Å². The molecule has 1 amide bonds. The van der Waals surface area contributed by atoms with Gasteiger partial charge in [0.2, 0.25) is 0 Å². The third-order valence-electron chi connectivity index (χ3n) is 3.34. The van der Waals surface area contributed by atoms with Crippen LogP contribution in [0.4, 0.5) is 5.69 Å². The molecule has 2 aromatic carbocycles. The van der Waals surface area contributed by atoms with E-state index < -0.39 is 6.10 Å². The molecule has 3 nitrogen and oxygen atoms in total. The van der Waals surface area contributed by atoms with Crippen LogP contribution in [0.5, 0.6) is 5.75 Å². The minimum Gasteiger partial charge on any atom is -0.481 e. The third-order valence-corrected chi connectivity index (χ3v) is 3.87. The van der Waals surface area contributed by atoms with Crippen LogP contribution in [0.2, 0.25) is 0 Å². The number of hydrogen-bond donors (Lipinski definition) is 1. The molecule has 4 heteroatoms. The summed E-state index contributed by atoms with van der Waals surface area (Å²) in [6.45, 7) is 5.95. The quantitative estimate of drug-likeness (QED) is 0.815. The first kappa shape index (κ1) is 16.6. The Labute approximate surface area is 139 Å². The van der Waals surface area contributed by atoms with Crippen LogP contribution in [0.3, 0.4) is 0 Å². The fourth-order valence-electron chi connectivity index (χ4n) is 2.12. The smallest absolute Gasteiger partial charge is 0.265 e. The predicted molar refractivity (Wildman–Crippen MR) is 93.4 cm³/mol. The van der Waals surface area contributed by atoms with Gasteiger partial charge in [-0.05, 0) is 48.7 Å². The second kappa shape index (κ2) is 7.45. The van der Waals surface area contributed by atoms with E-state index >= 15 is 0 Å². The molecule has 0 aliphatic heterocycles. The number of carbonyl (C=O) groups excluding carboxylic acids is 1. The van der Waals surface area contributed by atoms with Crippen molar-refractivity contribution in [3.63, 3.8) is 0 Å². The average Bonchev–Trinajstić information content (AvgIpc) is 2.49. The zero-order chi connectivity index (χ0) is 16.1. The molecule has 0 heterocycles. The number of anilines is 1. The molecule has 0 saturated carbocycles. The van der Waals surface area contributed by atoms with Gasteiger partial charge in [-0.25, -0.2) is 0 Å². The number of para-hydroxylation sites is 1. The van der Waals surface area contributed by atoms with Crippen molar-refractivity contribution in [3.8, 4) is 5.75 Å². The van der Waals surface area contributed by atoms with Crippen molar-refractivity contribution in [1.82, 2.24) is 0 Å². The van der Waals surface area contributed by atoms with E-state index in [-0.39, 0.29) is 5.91 Å². The molecule has 0 aliphatic carbocycles. The van der Waals surface area contributed by atoms with E-state index in [1.807, 2.05) is 48.5 Å². The van der Waals surface area contributed by atoms with Gasteiger partial charge in [-0.15, -0.1) is 0 Å². The fraction of sp³-hybridized carbons (Fsp3) is 0.278. The highest BCUT2D eigenvalue weighted by Gasteiger charge is 2.16. The maximum atomic E-state index is 12.3. The summed E-state index contributed by atoms with van der Waals surface area (Å²) in [7, 11) is 0. The maximum Gasteiger partial charge on any atom is 0.265 e. The highest BCUT2D eigenvalue weighted by Crippen LogP contribution is 2.24. The van der Waals surface area contributed by atoms with Gasteiger partial charge < -0.3 is 10.1 Å². The summed E-state index contributed by atoms with van der Waals surface area (Å²) in [6, 6.07) is 15.3. The maximum absolute atomic E-state index is 12.3. The van der Waals surface area contributed by atoms with Crippen LogP contribution in [0.15, 0.2) is 53.0 Å². The van der Waals surface area contributed by atoms with Gasteiger partial charge in [0.1, 0.15) is 5.75 Å². The lowest BCUT2D eigenvalue weighted by atomic mass is 10.0. The standard InChI is InChI=1S/C18H20BrNO2/c1-12(2)16-6-4-5-7-17(16)20-18(21)13(3)22-15-10-8-14(19)9-11-15/h4-13H,1-3H3,(H,20,21). The lowest BCUT2D eigenvalue weighted by Crippen LogP contribution is -2.30. The summed E-state index contributed by atoms with van der Waals surface area (Å²) in [6.07, 6.45) is -0.568. The molecule has 0 fully saturated rings. The average molecular weight is 362 g/mol. The molecule has 0 radical (unpaired) electrons. The monoisotopic (exact) mass is 361 g/mol. The van der Waals surface area contributed by atoms with E-state index in [9.17, 15) is 4.79 Å². The minimum absolute atomic E-state index is 0.156. The molecule has 22 heavy (non-hydrogen) atoms. The number of hydrogen-bond acceptors (Lipinski definition) is 2. The molecular formula is C18H20BrNO2. The van der Waals surface area contributed by atoms with Crippen LogP contribution in [0, 0.1) is 0 Å². The normalized spacial score (nSPS) is 12.0. The number of carbonyl (C=O) groups is 1. The third kappa shape index (κ3) is 4.34. The van der Waals surface area contributed by atoms with E-state index in [4.69, 9.17) is 4.74 Å². The zero-order valence-electron chi connectivity index (χ0n) is 13.0. The molecule has 0 spiro atoms. The summed E-state index contributed by atoms with van der Waals surface area (Å²) in [5.74, 6) is 0.859. The summed E-state index contributed by atoms with van der Waals surface area (Å²) in [4.78, 5) is 12.3. The number of rotatable bonds is 5. The Kier molecular flexibility index (Phi) is 5.61. The second-order valence-electron chi connectivity index (χ2n) is 5.45. The fourth-order valence-corrected chi connectivity index (χ4v) is 2.38. The number of halogens is 1. The summed E-state index contributed by atoms with van der Waals surface area (Å²) < 4.78 is 6.65. The van der Waals surface area contributed by atoms with Crippen LogP contribution in [-0.2, 0) is 4.79 Å². The van der Waals surface area contributed by atoms with E-state index in [2.05, 4.69) is 35.1 Å². The van der Waals surface area contributed by atoms with Gasteiger partial charge in [0.05, 0.1) is 0 Å². The van der Waals surface area contributed by atoms with Crippen LogP contribution in [0.25, 0.3) is 0 Å². The van der Waals surface area contributed by atoms with Crippen molar-refractivity contribution in [1.29, 1.82) is 0 Å². The number of amides is 1. The van der Waals surface area contributed by atoms with Gasteiger partial charge in [-0.3, -0.25) is 4.79 Å². The highest BCUT2D eigenvalue weighted by molar-refractivity contribution is 9.10. The van der Waals surface area contributed by atoms with Gasteiger partial charge in [0.15, 0.2) is 6.10 Å². The summed E-state index contributed by atoms with van der Waals surface area (Å²) in [5.41, 5.74) is 1.96. The van der Waals surface area contributed by atoms with Crippen molar-refractivity contribution in [2.75, 3.05) is 5.32 Å². The molecule has 0 aliphatic rings. The Morgan fingerprint density at radius 1 is 1.05 bits per heavy atom. The van der Waals surface area contributed by atoms with Gasteiger partial charge in [0, 0.05) is 10.2 Å². The summed E-state index contributed by atoms with van der Waals surface area (Å²) in [5, 5.41) is 2.95. The minimum atomic E-state index is -0.568. The van der Waals surface area contributed by atoms with Gasteiger partial charge in [0.25, 0.3) is 5.91 Å². The molecule has 1 N–H and O–H groups in total. The van der Waals surface area contributed by atoms with Crippen LogP contribution >= 0.6 is 15.9 Å². The van der Waals surface area contributed by atoms with E-state index in [0.717, 1.165) is 15.7 Å². The van der Waals surface area contributed by atoms with E-state index in [1.54, 1.807) is 6.92 Å². The lowest BCUT2D eigenvalue weighted by molar-refractivity contribution is -0.122. The van der Waals surface area contributed by atoms with Crippen molar-refractivity contribution < 1.29 is 9.53 Å². The largest absolute Gasteiger partial charge is 0.481 e. The number of benzene rings is 2. The van der Waals surface area contributed by atoms with E-state index in [0.29, 0.717) is 11.7 Å². The molecule has 0 aromatic heterocycles. The molecule has 2 rings (SSSR count). The first-order valence-electron chi connectivity index (χ1n) is 7.29. The van der Waals surface area contributed by atoms with Crippen molar-refractivity contribution in [3.05, 3.63) is 58.6 Å². The molecule has 1 unspecified atom stereocenters. The molecule has 116 valence electrons. The topological polar surface area (TPSA) is 38.3 Å². The Balaban J connectivity index is 2.04. The Bertz CT molecular complexity index is 638. The highest BCUT2D eigenvalue weighted by atomic mass is 79.9. The molecule has 0 bridgehead atoms. The molecule has 0 saturated heterocycles. The zero-order valence-corrected chi connectivity index (χ0v) is 14.6. The number of ether oxygens (including phenoxy) is 1. The van der Waals surface area contributed by atoms with Crippen LogP contribution < -0.4 is 10.1 Å². The summed E-state index contributed by atoms with van der Waals surface area (Å²) >= 11 is 3.37. The van der Waals surface area contributed by atoms with Crippen LogP contribution in [-0.4, -0.2) is 12.0 Å². The first-order chi connectivity index (χ1) is 10.5. The second-order valence-corrected chi connectivity index (χ2v) is 6.36. The lowest BCUT2D eigenvalue weighted by Gasteiger charge is -2.17. The SMILES string of the molecule is CC(Oc1ccc(Br)cc1)C(=O)Nc1ccccc1C(C)C. The Hall–Kier alpha value is -1.81. The number of nitrogens with one attached hydrogen (secondary N) is 1. The molecule has 1 atom stereocenters. The predicted octanol–water partition coefficient (Wildman–Crippen LogP) is 4.98. The van der Waals surface area contributed by atoms with Crippen LogP contribution in [0.1, 0.15) is 32.3 Å². The molecular weight excluding hydrogens is 342 g/mol. The van der Waals surface area contributed by atoms with Crippen molar-refractivity contribution in [2.45, 2.75) is 32.8 Å².